The average molecular weight is 466 g/mol. The molecule has 0 aromatic heterocycles. The summed E-state index contributed by atoms with van der Waals surface area (Å²) in [5, 5.41) is 3.31. The third-order valence-corrected chi connectivity index (χ3v) is 6.65. The van der Waals surface area contributed by atoms with Crippen LogP contribution >= 0.6 is 11.6 Å². The Hall–Kier alpha value is -3.18. The maximum Gasteiger partial charge on any atom is 0.317 e. The number of esters is 1. The van der Waals surface area contributed by atoms with Crippen molar-refractivity contribution in [3.05, 3.63) is 100 Å². The Bertz CT molecular complexity index is 1160. The molecule has 1 amide bonds. The average Bonchev–Trinajstić information content (AvgIpc) is 3.31. The molecule has 0 spiro atoms. The quantitative estimate of drug-likeness (QED) is 0.421. The summed E-state index contributed by atoms with van der Waals surface area (Å²) in [7, 11) is 0. The Labute approximate surface area is 197 Å². The number of hydrogen-bond acceptors (Lipinski definition) is 3. The lowest BCUT2D eigenvalue weighted by Gasteiger charge is -2.30. The largest absolute Gasteiger partial charge is 0.447 e. The molecular weight excluding hydrogens is 441 g/mol. The minimum Gasteiger partial charge on any atom is -0.447 e. The molecule has 0 heterocycles. The van der Waals surface area contributed by atoms with Crippen molar-refractivity contribution < 1.29 is 18.7 Å². The molecule has 0 bridgehead atoms. The molecule has 1 aliphatic carbocycles. The first kappa shape index (κ1) is 23.0. The highest BCUT2D eigenvalue weighted by atomic mass is 35.5. The minimum absolute atomic E-state index is 0.324. The van der Waals surface area contributed by atoms with Gasteiger partial charge in [0.1, 0.15) is 5.82 Å². The molecule has 1 saturated carbocycles. The van der Waals surface area contributed by atoms with Crippen LogP contribution in [0.5, 0.6) is 0 Å². The third-order valence-electron chi connectivity index (χ3n) is 6.24. The number of ether oxygens (including phenoxy) is 1. The number of halogens is 2. The summed E-state index contributed by atoms with van der Waals surface area (Å²) in [6.07, 6.45) is 1.33. The van der Waals surface area contributed by atoms with Crippen molar-refractivity contribution in [1.82, 2.24) is 0 Å². The van der Waals surface area contributed by atoms with Gasteiger partial charge in [-0.2, -0.15) is 0 Å². The number of anilines is 1. The van der Waals surface area contributed by atoms with E-state index < -0.39 is 29.2 Å². The van der Waals surface area contributed by atoms with Crippen molar-refractivity contribution in [2.24, 2.45) is 0 Å². The van der Waals surface area contributed by atoms with Crippen LogP contribution in [0, 0.1) is 12.7 Å². The second kappa shape index (κ2) is 9.75. The number of carbonyl (C=O) groups excluding carboxylic acids is 2. The van der Waals surface area contributed by atoms with E-state index >= 15 is 0 Å². The first-order valence-electron chi connectivity index (χ1n) is 11.0. The van der Waals surface area contributed by atoms with Crippen LogP contribution < -0.4 is 5.32 Å². The fourth-order valence-corrected chi connectivity index (χ4v) is 4.59. The SMILES string of the molecule is Cc1ccc(NC(=O)C(OC(=O)C2(c3ccccc3F)CCCC2)c2ccccc2)cc1Cl. The molecule has 1 fully saturated rings. The summed E-state index contributed by atoms with van der Waals surface area (Å²) in [5.74, 6) is -1.53. The number of amides is 1. The lowest BCUT2D eigenvalue weighted by molar-refractivity contribution is -0.160. The molecule has 33 heavy (non-hydrogen) atoms. The van der Waals surface area contributed by atoms with Crippen LogP contribution in [-0.4, -0.2) is 11.9 Å². The Morgan fingerprint density at radius 3 is 2.33 bits per heavy atom. The predicted molar refractivity (Wildman–Crippen MR) is 127 cm³/mol. The normalized spacial score (nSPS) is 15.6. The number of hydrogen-bond donors (Lipinski definition) is 1. The van der Waals surface area contributed by atoms with E-state index in [9.17, 15) is 14.0 Å². The lowest BCUT2D eigenvalue weighted by atomic mass is 9.78. The van der Waals surface area contributed by atoms with Gasteiger partial charge in [-0.05, 0) is 43.5 Å². The Balaban J connectivity index is 1.65. The topological polar surface area (TPSA) is 55.4 Å². The summed E-state index contributed by atoms with van der Waals surface area (Å²) in [6.45, 7) is 1.87. The molecule has 4 rings (SSSR count). The number of rotatable bonds is 6. The highest BCUT2D eigenvalue weighted by Gasteiger charge is 2.47. The van der Waals surface area contributed by atoms with Crippen molar-refractivity contribution >= 4 is 29.2 Å². The molecule has 6 heteroatoms. The van der Waals surface area contributed by atoms with E-state index in [1.165, 1.54) is 6.07 Å². The summed E-state index contributed by atoms with van der Waals surface area (Å²) in [5.41, 5.74) is 1.13. The van der Waals surface area contributed by atoms with E-state index in [-0.39, 0.29) is 0 Å². The minimum atomic E-state index is -1.19. The van der Waals surface area contributed by atoms with Crippen molar-refractivity contribution in [2.75, 3.05) is 5.32 Å². The Morgan fingerprint density at radius 1 is 1.00 bits per heavy atom. The molecule has 0 radical (unpaired) electrons. The zero-order chi connectivity index (χ0) is 23.4. The second-order valence-corrected chi connectivity index (χ2v) is 8.83. The Morgan fingerprint density at radius 2 is 1.67 bits per heavy atom. The van der Waals surface area contributed by atoms with E-state index in [0.29, 0.717) is 34.7 Å². The summed E-state index contributed by atoms with van der Waals surface area (Å²) >= 11 is 6.19. The molecule has 1 atom stereocenters. The Kier molecular flexibility index (Phi) is 6.80. The highest BCUT2D eigenvalue weighted by Crippen LogP contribution is 2.44. The molecule has 4 nitrogen and oxygen atoms in total. The van der Waals surface area contributed by atoms with Crippen LogP contribution in [0.1, 0.15) is 48.5 Å². The van der Waals surface area contributed by atoms with E-state index in [4.69, 9.17) is 16.3 Å². The van der Waals surface area contributed by atoms with Crippen molar-refractivity contribution in [2.45, 2.75) is 44.1 Å². The molecule has 1 N–H and O–H groups in total. The van der Waals surface area contributed by atoms with E-state index in [1.807, 2.05) is 13.0 Å². The number of aryl methyl sites for hydroxylation is 1. The molecular formula is C27H25ClFNO3. The smallest absolute Gasteiger partial charge is 0.317 e. The molecule has 3 aromatic rings. The van der Waals surface area contributed by atoms with Gasteiger partial charge in [0.05, 0.1) is 5.41 Å². The first-order chi connectivity index (χ1) is 15.9. The molecule has 1 unspecified atom stereocenters. The molecule has 0 saturated heterocycles. The van der Waals surface area contributed by atoms with Crippen molar-refractivity contribution in [3.63, 3.8) is 0 Å². The van der Waals surface area contributed by atoms with Crippen LogP contribution in [0.4, 0.5) is 10.1 Å². The summed E-state index contributed by atoms with van der Waals surface area (Å²) in [4.78, 5) is 26.8. The highest BCUT2D eigenvalue weighted by molar-refractivity contribution is 6.31. The van der Waals surface area contributed by atoms with Gasteiger partial charge in [0, 0.05) is 21.8 Å². The van der Waals surface area contributed by atoms with Gasteiger partial charge < -0.3 is 10.1 Å². The number of benzene rings is 3. The first-order valence-corrected chi connectivity index (χ1v) is 11.4. The van der Waals surface area contributed by atoms with Crippen molar-refractivity contribution in [1.29, 1.82) is 0 Å². The molecule has 170 valence electrons. The zero-order valence-electron chi connectivity index (χ0n) is 18.3. The monoisotopic (exact) mass is 465 g/mol. The van der Waals surface area contributed by atoms with Gasteiger partial charge >= 0.3 is 5.97 Å². The third kappa shape index (κ3) is 4.79. The van der Waals surface area contributed by atoms with Gasteiger partial charge in [0.15, 0.2) is 0 Å². The van der Waals surface area contributed by atoms with Gasteiger partial charge in [-0.25, -0.2) is 4.39 Å². The lowest BCUT2D eigenvalue weighted by Crippen LogP contribution is -2.38. The van der Waals surface area contributed by atoms with Crippen LogP contribution in [0.15, 0.2) is 72.8 Å². The molecule has 1 aliphatic rings. The van der Waals surface area contributed by atoms with Gasteiger partial charge in [0.25, 0.3) is 5.91 Å². The van der Waals surface area contributed by atoms with Crippen LogP contribution in [0.3, 0.4) is 0 Å². The maximum atomic E-state index is 14.7. The van der Waals surface area contributed by atoms with Crippen LogP contribution in [-0.2, 0) is 19.7 Å². The van der Waals surface area contributed by atoms with Crippen molar-refractivity contribution in [3.8, 4) is 0 Å². The predicted octanol–water partition coefficient (Wildman–Crippen LogP) is 6.52. The van der Waals surface area contributed by atoms with E-state index in [0.717, 1.165) is 18.4 Å². The standard InChI is InChI=1S/C27H25ClFNO3/c1-18-13-14-20(17-22(18)28)30-25(31)24(19-9-3-2-4-10-19)33-26(32)27(15-7-8-16-27)21-11-5-6-12-23(21)29/h2-6,9-14,17,24H,7-8,15-16H2,1H3,(H,30,31). The van der Waals surface area contributed by atoms with Gasteiger partial charge in [-0.1, -0.05) is 79.0 Å². The summed E-state index contributed by atoms with van der Waals surface area (Å²) < 4.78 is 20.6. The number of nitrogens with one attached hydrogen (secondary N) is 1. The fourth-order valence-electron chi connectivity index (χ4n) is 4.41. The van der Waals surface area contributed by atoms with Gasteiger partial charge in [0.2, 0.25) is 6.10 Å². The van der Waals surface area contributed by atoms with Gasteiger partial charge in [-0.15, -0.1) is 0 Å². The van der Waals surface area contributed by atoms with Crippen LogP contribution in [0.2, 0.25) is 5.02 Å². The maximum absolute atomic E-state index is 14.7. The molecule has 0 aliphatic heterocycles. The van der Waals surface area contributed by atoms with Crippen LogP contribution in [0.25, 0.3) is 0 Å². The molecule has 3 aromatic carbocycles. The fraction of sp³-hybridized carbons (Fsp3) is 0.259. The summed E-state index contributed by atoms with van der Waals surface area (Å²) in [6, 6.07) is 20.3. The van der Waals surface area contributed by atoms with E-state index in [2.05, 4.69) is 5.32 Å². The van der Waals surface area contributed by atoms with E-state index in [1.54, 1.807) is 60.7 Å². The second-order valence-electron chi connectivity index (χ2n) is 8.42. The number of carbonyl (C=O) groups is 2. The zero-order valence-corrected chi connectivity index (χ0v) is 19.1. The van der Waals surface area contributed by atoms with Gasteiger partial charge in [-0.3, -0.25) is 9.59 Å².